The number of ether oxygens (including phenoxy) is 1. The topological polar surface area (TPSA) is 47.3 Å². The number of nitrogens with one attached hydrogen (secondary N) is 1. The molecule has 0 radical (unpaired) electrons. The molecule has 0 aliphatic heterocycles. The van der Waals surface area contributed by atoms with Crippen molar-refractivity contribution in [2.45, 2.75) is 25.8 Å². The molecule has 4 heteroatoms. The second-order valence-electron chi connectivity index (χ2n) is 4.95. The second-order valence-corrected chi connectivity index (χ2v) is 4.95. The third-order valence-electron chi connectivity index (χ3n) is 3.54. The van der Waals surface area contributed by atoms with Crippen molar-refractivity contribution in [1.29, 1.82) is 0 Å². The highest BCUT2D eigenvalue weighted by Gasteiger charge is 2.21. The molecule has 2 rings (SSSR count). The van der Waals surface area contributed by atoms with Gasteiger partial charge in [0.05, 0.1) is 18.7 Å². The molecule has 0 bridgehead atoms. The van der Waals surface area contributed by atoms with Crippen molar-refractivity contribution in [2.24, 2.45) is 5.84 Å². The van der Waals surface area contributed by atoms with Gasteiger partial charge in [0.15, 0.2) is 0 Å². The molecule has 0 fully saturated rings. The Morgan fingerprint density at radius 2 is 1.90 bits per heavy atom. The van der Waals surface area contributed by atoms with E-state index in [4.69, 9.17) is 10.6 Å². The van der Waals surface area contributed by atoms with Gasteiger partial charge in [0, 0.05) is 0 Å². The standard InChI is InChI=1S/C17H21FN2O/c1-3-5-12-8-10-13(11-9-12)17(20-19)16-14(18)6-4-7-15(16)21-2/h4,6-11,17,20H,3,5,19H2,1-2H3. The number of halogens is 1. The van der Waals surface area contributed by atoms with E-state index in [0.29, 0.717) is 11.3 Å². The van der Waals surface area contributed by atoms with Crippen LogP contribution in [0.2, 0.25) is 0 Å². The van der Waals surface area contributed by atoms with Crippen LogP contribution in [0.3, 0.4) is 0 Å². The summed E-state index contributed by atoms with van der Waals surface area (Å²) < 4.78 is 19.4. The Hall–Kier alpha value is -1.91. The maximum atomic E-state index is 14.2. The molecule has 0 aliphatic rings. The molecule has 0 amide bonds. The highest BCUT2D eigenvalue weighted by molar-refractivity contribution is 5.43. The van der Waals surface area contributed by atoms with Gasteiger partial charge in [-0.3, -0.25) is 5.84 Å². The Kier molecular flexibility index (Phi) is 5.31. The van der Waals surface area contributed by atoms with Crippen LogP contribution in [0.4, 0.5) is 4.39 Å². The number of benzene rings is 2. The Balaban J connectivity index is 2.40. The van der Waals surface area contributed by atoms with Gasteiger partial charge in [0.25, 0.3) is 0 Å². The van der Waals surface area contributed by atoms with Crippen molar-refractivity contribution >= 4 is 0 Å². The molecular formula is C17H21FN2O. The molecule has 0 spiro atoms. The molecule has 0 heterocycles. The second kappa shape index (κ2) is 7.20. The number of hydrogen-bond acceptors (Lipinski definition) is 3. The highest BCUT2D eigenvalue weighted by Crippen LogP contribution is 2.31. The first-order valence-corrected chi connectivity index (χ1v) is 7.08. The van der Waals surface area contributed by atoms with E-state index in [1.54, 1.807) is 12.1 Å². The summed E-state index contributed by atoms with van der Waals surface area (Å²) in [5, 5.41) is 0. The van der Waals surface area contributed by atoms with Crippen LogP contribution in [-0.2, 0) is 6.42 Å². The summed E-state index contributed by atoms with van der Waals surface area (Å²) in [7, 11) is 1.52. The van der Waals surface area contributed by atoms with E-state index in [0.717, 1.165) is 18.4 Å². The SMILES string of the molecule is CCCc1ccc(C(NN)c2c(F)cccc2OC)cc1. The average Bonchev–Trinajstić information content (AvgIpc) is 2.51. The lowest BCUT2D eigenvalue weighted by Gasteiger charge is -2.20. The van der Waals surface area contributed by atoms with E-state index < -0.39 is 6.04 Å². The molecule has 3 N–H and O–H groups in total. The average molecular weight is 288 g/mol. The fourth-order valence-electron chi connectivity index (χ4n) is 2.49. The molecule has 0 aromatic heterocycles. The van der Waals surface area contributed by atoms with E-state index in [1.165, 1.54) is 18.7 Å². The number of hydrogen-bond donors (Lipinski definition) is 2. The molecule has 1 unspecified atom stereocenters. The molecular weight excluding hydrogens is 267 g/mol. The van der Waals surface area contributed by atoms with Crippen molar-refractivity contribution in [3.05, 3.63) is 65.0 Å². The monoisotopic (exact) mass is 288 g/mol. The maximum absolute atomic E-state index is 14.2. The molecule has 3 nitrogen and oxygen atoms in total. The van der Waals surface area contributed by atoms with E-state index in [2.05, 4.69) is 24.5 Å². The normalized spacial score (nSPS) is 12.2. The Bertz CT molecular complexity index is 584. The van der Waals surface area contributed by atoms with E-state index in [-0.39, 0.29) is 5.82 Å². The van der Waals surface area contributed by atoms with Crippen LogP contribution in [0.5, 0.6) is 5.75 Å². The van der Waals surface area contributed by atoms with Crippen molar-refractivity contribution in [1.82, 2.24) is 5.43 Å². The molecule has 0 aliphatic carbocycles. The van der Waals surface area contributed by atoms with Crippen molar-refractivity contribution in [3.63, 3.8) is 0 Å². The van der Waals surface area contributed by atoms with Gasteiger partial charge < -0.3 is 4.74 Å². The molecule has 0 saturated heterocycles. The molecule has 2 aromatic rings. The van der Waals surface area contributed by atoms with Gasteiger partial charge in [0.2, 0.25) is 0 Å². The number of aryl methyl sites for hydroxylation is 1. The number of nitrogens with two attached hydrogens (primary N) is 1. The first-order chi connectivity index (χ1) is 10.2. The summed E-state index contributed by atoms with van der Waals surface area (Å²) in [5.41, 5.74) is 5.27. The third-order valence-corrected chi connectivity index (χ3v) is 3.54. The third kappa shape index (κ3) is 3.40. The van der Waals surface area contributed by atoms with Gasteiger partial charge in [0.1, 0.15) is 11.6 Å². The summed E-state index contributed by atoms with van der Waals surface area (Å²) in [5.74, 6) is 5.80. The lowest BCUT2D eigenvalue weighted by atomic mass is 9.96. The van der Waals surface area contributed by atoms with Crippen LogP contribution < -0.4 is 16.0 Å². The number of methoxy groups -OCH3 is 1. The Morgan fingerprint density at radius 1 is 1.19 bits per heavy atom. The Labute approximate surface area is 124 Å². The summed E-state index contributed by atoms with van der Waals surface area (Å²) in [6, 6.07) is 12.4. The van der Waals surface area contributed by atoms with E-state index >= 15 is 0 Å². The van der Waals surface area contributed by atoms with Crippen molar-refractivity contribution in [2.75, 3.05) is 7.11 Å². The minimum Gasteiger partial charge on any atom is -0.496 e. The van der Waals surface area contributed by atoms with Crippen LogP contribution in [0.15, 0.2) is 42.5 Å². The van der Waals surface area contributed by atoms with Crippen LogP contribution in [0, 0.1) is 5.82 Å². The van der Waals surface area contributed by atoms with E-state index in [9.17, 15) is 4.39 Å². The molecule has 0 saturated carbocycles. The fourth-order valence-corrected chi connectivity index (χ4v) is 2.49. The van der Waals surface area contributed by atoms with Gasteiger partial charge in [-0.25, -0.2) is 9.82 Å². The molecule has 21 heavy (non-hydrogen) atoms. The van der Waals surface area contributed by atoms with E-state index in [1.807, 2.05) is 12.1 Å². The molecule has 2 aromatic carbocycles. The predicted octanol–water partition coefficient (Wildman–Crippen LogP) is 3.34. The van der Waals surface area contributed by atoms with Gasteiger partial charge in [-0.05, 0) is 29.7 Å². The van der Waals surface area contributed by atoms with Crippen molar-refractivity contribution < 1.29 is 9.13 Å². The lowest BCUT2D eigenvalue weighted by molar-refractivity contribution is 0.397. The molecule has 112 valence electrons. The fraction of sp³-hybridized carbons (Fsp3) is 0.294. The maximum Gasteiger partial charge on any atom is 0.132 e. The first-order valence-electron chi connectivity index (χ1n) is 7.08. The van der Waals surface area contributed by atoms with Gasteiger partial charge >= 0.3 is 0 Å². The smallest absolute Gasteiger partial charge is 0.132 e. The summed E-state index contributed by atoms with van der Waals surface area (Å²) in [4.78, 5) is 0. The van der Waals surface area contributed by atoms with Gasteiger partial charge in [-0.2, -0.15) is 0 Å². The summed E-state index contributed by atoms with van der Waals surface area (Å²) in [6.45, 7) is 2.14. The first kappa shape index (κ1) is 15.5. The van der Waals surface area contributed by atoms with Crippen LogP contribution in [0.25, 0.3) is 0 Å². The highest BCUT2D eigenvalue weighted by atomic mass is 19.1. The predicted molar refractivity (Wildman–Crippen MR) is 82.6 cm³/mol. The summed E-state index contributed by atoms with van der Waals surface area (Å²) in [6.07, 6.45) is 2.13. The zero-order chi connectivity index (χ0) is 15.2. The van der Waals surface area contributed by atoms with Crippen LogP contribution in [0.1, 0.15) is 36.1 Å². The minimum atomic E-state index is -0.447. The van der Waals surface area contributed by atoms with Crippen LogP contribution >= 0.6 is 0 Å². The van der Waals surface area contributed by atoms with Gasteiger partial charge in [-0.1, -0.05) is 43.7 Å². The minimum absolute atomic E-state index is 0.338. The molecule has 1 atom stereocenters. The van der Waals surface area contributed by atoms with Crippen LogP contribution in [-0.4, -0.2) is 7.11 Å². The van der Waals surface area contributed by atoms with Gasteiger partial charge in [-0.15, -0.1) is 0 Å². The largest absolute Gasteiger partial charge is 0.496 e. The number of rotatable bonds is 6. The van der Waals surface area contributed by atoms with Crippen molar-refractivity contribution in [3.8, 4) is 5.75 Å². The summed E-state index contributed by atoms with van der Waals surface area (Å²) >= 11 is 0. The zero-order valence-electron chi connectivity index (χ0n) is 12.4. The quantitative estimate of drug-likeness (QED) is 0.633. The Morgan fingerprint density at radius 3 is 2.48 bits per heavy atom. The zero-order valence-corrected chi connectivity index (χ0v) is 12.4. The lowest BCUT2D eigenvalue weighted by Crippen LogP contribution is -2.30. The number of hydrazine groups is 1.